The lowest BCUT2D eigenvalue weighted by Gasteiger charge is -2.05. The third-order valence-corrected chi connectivity index (χ3v) is 4.45. The first-order chi connectivity index (χ1) is 11.5. The van der Waals surface area contributed by atoms with Crippen molar-refractivity contribution in [3.05, 3.63) is 35.5 Å². The molecule has 0 saturated carbocycles. The molecule has 0 atom stereocenters. The molecule has 0 aliphatic carbocycles. The number of aromatic nitrogens is 6. The molecule has 0 unspecified atom stereocenters. The van der Waals surface area contributed by atoms with Gasteiger partial charge in [0, 0.05) is 7.05 Å². The lowest BCUT2D eigenvalue weighted by molar-refractivity contribution is -0.113. The van der Waals surface area contributed by atoms with Crippen LogP contribution in [0.4, 0.5) is 5.69 Å². The van der Waals surface area contributed by atoms with Gasteiger partial charge in [0.15, 0.2) is 0 Å². The molecule has 10 heteroatoms. The van der Waals surface area contributed by atoms with Crippen LogP contribution < -0.4 is 5.32 Å². The average Bonchev–Trinajstić information content (AvgIpc) is 3.26. The number of carbonyl (C=O) groups excluding carboxylic acids is 1. The van der Waals surface area contributed by atoms with Crippen molar-refractivity contribution in [1.82, 2.24) is 30.0 Å². The predicted octanol–water partition coefficient (Wildman–Crippen LogP) is 1.40. The van der Waals surface area contributed by atoms with E-state index in [9.17, 15) is 4.79 Å². The molecule has 0 aliphatic heterocycles. The normalized spacial score (nSPS) is 11.0. The first-order valence-corrected chi connectivity index (χ1v) is 8.24. The van der Waals surface area contributed by atoms with Gasteiger partial charge in [-0.2, -0.15) is 5.10 Å². The molecule has 0 radical (unpaired) electrons. The maximum absolute atomic E-state index is 12.2. The molecule has 1 N–H and O–H groups in total. The Morgan fingerprint density at radius 1 is 1.42 bits per heavy atom. The number of amides is 1. The lowest BCUT2D eigenvalue weighted by Crippen LogP contribution is -2.16. The number of hydrogen-bond donors (Lipinski definition) is 1. The van der Waals surface area contributed by atoms with Crippen LogP contribution in [0.2, 0.25) is 0 Å². The number of rotatable bonds is 6. The summed E-state index contributed by atoms with van der Waals surface area (Å²) in [6, 6.07) is 3.65. The largest absolute Gasteiger partial charge is 0.467 e. The minimum atomic E-state index is -0.133. The summed E-state index contributed by atoms with van der Waals surface area (Å²) in [7, 11) is 1.84. The summed E-state index contributed by atoms with van der Waals surface area (Å²) in [5.74, 6) is 0.814. The molecule has 9 nitrogen and oxygen atoms in total. The first kappa shape index (κ1) is 16.2. The minimum absolute atomic E-state index is 0.133. The van der Waals surface area contributed by atoms with E-state index in [-0.39, 0.29) is 11.7 Å². The van der Waals surface area contributed by atoms with Crippen molar-refractivity contribution in [3.63, 3.8) is 0 Å². The van der Waals surface area contributed by atoms with Crippen molar-refractivity contribution in [2.24, 2.45) is 7.05 Å². The molecular weight excluding hydrogens is 330 g/mol. The van der Waals surface area contributed by atoms with Crippen molar-refractivity contribution in [2.75, 3.05) is 11.1 Å². The van der Waals surface area contributed by atoms with Crippen LogP contribution in [0.5, 0.6) is 0 Å². The van der Waals surface area contributed by atoms with Crippen molar-refractivity contribution >= 4 is 23.4 Å². The van der Waals surface area contributed by atoms with Crippen LogP contribution >= 0.6 is 11.8 Å². The highest BCUT2D eigenvalue weighted by Gasteiger charge is 2.15. The fraction of sp³-hybridized carbons (Fsp3) is 0.357. The molecule has 3 heterocycles. The highest BCUT2D eigenvalue weighted by Crippen LogP contribution is 2.20. The Morgan fingerprint density at radius 2 is 2.25 bits per heavy atom. The minimum Gasteiger partial charge on any atom is -0.467 e. The maximum atomic E-state index is 12.2. The van der Waals surface area contributed by atoms with Gasteiger partial charge in [0.25, 0.3) is 0 Å². The maximum Gasteiger partial charge on any atom is 0.234 e. The van der Waals surface area contributed by atoms with E-state index in [0.29, 0.717) is 11.7 Å². The molecule has 0 spiro atoms. The second-order valence-corrected chi connectivity index (χ2v) is 6.15. The van der Waals surface area contributed by atoms with Crippen molar-refractivity contribution in [1.29, 1.82) is 0 Å². The van der Waals surface area contributed by atoms with Crippen molar-refractivity contribution in [3.8, 4) is 0 Å². The Bertz CT molecular complexity index is 838. The van der Waals surface area contributed by atoms with Crippen molar-refractivity contribution < 1.29 is 9.21 Å². The van der Waals surface area contributed by atoms with Crippen LogP contribution in [0.3, 0.4) is 0 Å². The van der Waals surface area contributed by atoms with E-state index in [1.54, 1.807) is 21.7 Å². The molecule has 3 aromatic rings. The van der Waals surface area contributed by atoms with Gasteiger partial charge < -0.3 is 9.73 Å². The summed E-state index contributed by atoms with van der Waals surface area (Å²) in [6.07, 6.45) is 1.60. The van der Waals surface area contributed by atoms with Gasteiger partial charge in [-0.3, -0.25) is 9.48 Å². The summed E-state index contributed by atoms with van der Waals surface area (Å²) < 4.78 is 8.61. The number of hydrogen-bond acceptors (Lipinski definition) is 7. The summed E-state index contributed by atoms with van der Waals surface area (Å²) in [5.41, 5.74) is 2.45. The smallest absolute Gasteiger partial charge is 0.234 e. The van der Waals surface area contributed by atoms with Crippen LogP contribution in [0.1, 0.15) is 17.1 Å². The standard InChI is InChI=1S/C14H17N7O2S/c1-9-13(10(2)20(3)17-9)15-12(22)8-24-14-16-18-19-21(14)7-11-5-4-6-23-11/h4-6H,7-8H2,1-3H3,(H,15,22). The van der Waals surface area contributed by atoms with E-state index in [1.807, 2.05) is 27.0 Å². The van der Waals surface area contributed by atoms with E-state index in [1.165, 1.54) is 11.8 Å². The monoisotopic (exact) mass is 347 g/mol. The van der Waals surface area contributed by atoms with Gasteiger partial charge in [0.1, 0.15) is 12.3 Å². The van der Waals surface area contributed by atoms with Gasteiger partial charge in [-0.1, -0.05) is 11.8 Å². The zero-order chi connectivity index (χ0) is 17.1. The number of furan rings is 1. The van der Waals surface area contributed by atoms with Gasteiger partial charge in [-0.05, 0) is 36.4 Å². The van der Waals surface area contributed by atoms with Gasteiger partial charge in [0.2, 0.25) is 11.1 Å². The Labute approximate surface area is 142 Å². The summed E-state index contributed by atoms with van der Waals surface area (Å²) >= 11 is 1.27. The summed E-state index contributed by atoms with van der Waals surface area (Å²) in [6.45, 7) is 4.19. The Kier molecular flexibility index (Phi) is 4.65. The van der Waals surface area contributed by atoms with Crippen LogP contribution in [0.25, 0.3) is 0 Å². The van der Waals surface area contributed by atoms with E-state index >= 15 is 0 Å². The second kappa shape index (κ2) is 6.87. The Morgan fingerprint density at radius 3 is 2.92 bits per heavy atom. The van der Waals surface area contributed by atoms with E-state index < -0.39 is 0 Å². The molecule has 3 rings (SSSR count). The Hall–Kier alpha value is -2.62. The summed E-state index contributed by atoms with van der Waals surface area (Å²) in [4.78, 5) is 12.2. The predicted molar refractivity (Wildman–Crippen MR) is 87.7 cm³/mol. The molecule has 0 aromatic carbocycles. The molecule has 0 saturated heterocycles. The van der Waals surface area contributed by atoms with Crippen LogP contribution in [-0.2, 0) is 18.4 Å². The fourth-order valence-corrected chi connectivity index (χ4v) is 2.89. The van der Waals surface area contributed by atoms with Crippen molar-refractivity contribution in [2.45, 2.75) is 25.5 Å². The van der Waals surface area contributed by atoms with Gasteiger partial charge >= 0.3 is 0 Å². The van der Waals surface area contributed by atoms with E-state index in [4.69, 9.17) is 4.42 Å². The van der Waals surface area contributed by atoms with E-state index in [2.05, 4.69) is 25.9 Å². The number of carbonyl (C=O) groups is 1. The SMILES string of the molecule is Cc1nn(C)c(C)c1NC(=O)CSc1nnnn1Cc1ccco1. The molecule has 0 fully saturated rings. The number of anilines is 1. The summed E-state index contributed by atoms with van der Waals surface area (Å²) in [5, 5.41) is 19.2. The van der Waals surface area contributed by atoms with Gasteiger partial charge in [-0.15, -0.1) is 5.10 Å². The van der Waals surface area contributed by atoms with E-state index in [0.717, 1.165) is 22.8 Å². The lowest BCUT2D eigenvalue weighted by atomic mass is 10.3. The third-order valence-electron chi connectivity index (χ3n) is 3.49. The van der Waals surface area contributed by atoms with Gasteiger partial charge in [0.05, 0.1) is 29.1 Å². The molecule has 24 heavy (non-hydrogen) atoms. The number of nitrogens with one attached hydrogen (secondary N) is 1. The van der Waals surface area contributed by atoms with Crippen LogP contribution in [-0.4, -0.2) is 41.6 Å². The number of tetrazole rings is 1. The zero-order valence-electron chi connectivity index (χ0n) is 13.6. The topological polar surface area (TPSA) is 104 Å². The second-order valence-electron chi connectivity index (χ2n) is 5.20. The Balaban J connectivity index is 1.60. The molecular formula is C14H17N7O2S. The highest BCUT2D eigenvalue weighted by molar-refractivity contribution is 7.99. The number of aryl methyl sites for hydroxylation is 2. The highest BCUT2D eigenvalue weighted by atomic mass is 32.2. The van der Waals surface area contributed by atoms with Crippen LogP contribution in [0, 0.1) is 13.8 Å². The molecule has 126 valence electrons. The molecule has 3 aromatic heterocycles. The van der Waals surface area contributed by atoms with Crippen LogP contribution in [0.15, 0.2) is 28.0 Å². The molecule has 0 aliphatic rings. The number of nitrogens with zero attached hydrogens (tertiary/aromatic N) is 6. The number of thioether (sulfide) groups is 1. The quantitative estimate of drug-likeness (QED) is 0.672. The zero-order valence-corrected chi connectivity index (χ0v) is 14.4. The third kappa shape index (κ3) is 3.48. The van der Waals surface area contributed by atoms with Gasteiger partial charge in [-0.25, -0.2) is 4.68 Å². The average molecular weight is 347 g/mol. The molecule has 1 amide bonds. The molecule has 0 bridgehead atoms. The first-order valence-electron chi connectivity index (χ1n) is 7.26. The fourth-order valence-electron chi connectivity index (χ4n) is 2.21.